The van der Waals surface area contributed by atoms with E-state index < -0.39 is 12.0 Å². The van der Waals surface area contributed by atoms with Crippen molar-refractivity contribution in [2.75, 3.05) is 7.11 Å². The summed E-state index contributed by atoms with van der Waals surface area (Å²) in [7, 11) is 3.28. The van der Waals surface area contributed by atoms with Gasteiger partial charge in [-0.1, -0.05) is 12.1 Å². The maximum absolute atomic E-state index is 10.9. The van der Waals surface area contributed by atoms with Crippen LogP contribution >= 0.6 is 0 Å². The number of aromatic nitrogens is 2. The lowest BCUT2D eigenvalue weighted by atomic mass is 10.1. The van der Waals surface area contributed by atoms with E-state index >= 15 is 0 Å². The predicted octanol–water partition coefficient (Wildman–Crippen LogP) is 0.666. The molecule has 0 spiro atoms. The van der Waals surface area contributed by atoms with Crippen LogP contribution in [0.25, 0.3) is 10.9 Å². The van der Waals surface area contributed by atoms with Crippen LogP contribution in [0.4, 0.5) is 0 Å². The number of rotatable bonds is 3. The van der Waals surface area contributed by atoms with Crippen LogP contribution in [-0.2, 0) is 11.8 Å². The Morgan fingerprint density at radius 3 is 2.88 bits per heavy atom. The van der Waals surface area contributed by atoms with E-state index in [0.29, 0.717) is 16.8 Å². The Morgan fingerprint density at radius 1 is 1.59 bits per heavy atom. The van der Waals surface area contributed by atoms with E-state index in [1.165, 1.54) is 0 Å². The minimum absolute atomic E-state index is 0.342. The van der Waals surface area contributed by atoms with Crippen LogP contribution in [0.2, 0.25) is 0 Å². The fourth-order valence-electron chi connectivity index (χ4n) is 1.84. The van der Waals surface area contributed by atoms with Crippen LogP contribution in [-0.4, -0.2) is 28.0 Å². The van der Waals surface area contributed by atoms with Crippen LogP contribution < -0.4 is 10.5 Å². The zero-order valence-electron chi connectivity index (χ0n) is 9.54. The highest BCUT2D eigenvalue weighted by Gasteiger charge is 2.22. The number of nitrogens with zero attached hydrogens (tertiary/aromatic N) is 2. The topological polar surface area (TPSA) is 90.4 Å². The Morgan fingerprint density at radius 2 is 2.29 bits per heavy atom. The number of carbonyl (C=O) groups is 1. The monoisotopic (exact) mass is 235 g/mol. The second kappa shape index (κ2) is 4.06. The number of aliphatic carboxylic acids is 1. The molecule has 0 aliphatic carbocycles. The SMILES string of the molecule is COc1cccc2c(C(N)C(=O)O)nn(C)c12. The third kappa shape index (κ3) is 1.72. The lowest BCUT2D eigenvalue weighted by Gasteiger charge is -2.04. The molecule has 6 heteroatoms. The molecule has 0 radical (unpaired) electrons. The van der Waals surface area contributed by atoms with Gasteiger partial charge in [0.2, 0.25) is 0 Å². The first-order valence-corrected chi connectivity index (χ1v) is 5.04. The molecule has 2 aromatic rings. The first kappa shape index (κ1) is 11.4. The van der Waals surface area contributed by atoms with Crippen molar-refractivity contribution >= 4 is 16.9 Å². The van der Waals surface area contributed by atoms with E-state index in [-0.39, 0.29) is 0 Å². The van der Waals surface area contributed by atoms with E-state index in [1.54, 1.807) is 37.0 Å². The minimum atomic E-state index is -1.13. The number of carboxylic acid groups (broad SMARTS) is 1. The maximum Gasteiger partial charge on any atom is 0.326 e. The minimum Gasteiger partial charge on any atom is -0.494 e. The van der Waals surface area contributed by atoms with E-state index in [9.17, 15) is 4.79 Å². The Bertz CT molecular complexity index is 577. The molecule has 3 N–H and O–H groups in total. The number of nitrogens with two attached hydrogens (primary N) is 1. The van der Waals surface area contributed by atoms with Gasteiger partial charge >= 0.3 is 5.97 Å². The molecule has 1 aromatic heterocycles. The number of fused-ring (bicyclic) bond motifs is 1. The Hall–Kier alpha value is -2.08. The van der Waals surface area contributed by atoms with Crippen molar-refractivity contribution < 1.29 is 14.6 Å². The van der Waals surface area contributed by atoms with Crippen molar-refractivity contribution in [1.82, 2.24) is 9.78 Å². The normalized spacial score (nSPS) is 12.6. The molecular formula is C11H13N3O3. The Kier molecular flexibility index (Phi) is 2.72. The molecule has 0 saturated heterocycles. The summed E-state index contributed by atoms with van der Waals surface area (Å²) in [4.78, 5) is 10.9. The number of carboxylic acids is 1. The summed E-state index contributed by atoms with van der Waals surface area (Å²) in [6.45, 7) is 0. The standard InChI is InChI=1S/C11H13N3O3/c1-14-10-6(4-3-5-7(10)17-2)9(13-14)8(12)11(15)16/h3-5,8H,12H2,1-2H3,(H,15,16). The van der Waals surface area contributed by atoms with Gasteiger partial charge in [0.15, 0.2) is 0 Å². The number of hydrogen-bond acceptors (Lipinski definition) is 4. The highest BCUT2D eigenvalue weighted by atomic mass is 16.5. The third-order valence-electron chi connectivity index (χ3n) is 2.64. The summed E-state index contributed by atoms with van der Waals surface area (Å²) in [5, 5.41) is 13.8. The average molecular weight is 235 g/mol. The Labute approximate surface area is 97.6 Å². The van der Waals surface area contributed by atoms with Crippen molar-refractivity contribution in [3.63, 3.8) is 0 Å². The number of ether oxygens (including phenoxy) is 1. The van der Waals surface area contributed by atoms with Crippen LogP contribution in [0.5, 0.6) is 5.75 Å². The molecule has 6 nitrogen and oxygen atoms in total. The van der Waals surface area contributed by atoms with Crippen LogP contribution in [0.15, 0.2) is 18.2 Å². The van der Waals surface area contributed by atoms with E-state index in [2.05, 4.69) is 5.10 Å². The second-order valence-corrected chi connectivity index (χ2v) is 3.68. The molecule has 90 valence electrons. The number of aryl methyl sites for hydroxylation is 1. The van der Waals surface area contributed by atoms with Gasteiger partial charge in [0.05, 0.1) is 12.8 Å². The summed E-state index contributed by atoms with van der Waals surface area (Å²) in [5.74, 6) is -0.464. The van der Waals surface area contributed by atoms with Gasteiger partial charge in [-0.25, -0.2) is 0 Å². The molecular weight excluding hydrogens is 222 g/mol. The average Bonchev–Trinajstić information content (AvgIpc) is 2.66. The van der Waals surface area contributed by atoms with Crippen LogP contribution in [0, 0.1) is 0 Å². The summed E-state index contributed by atoms with van der Waals surface area (Å²) >= 11 is 0. The smallest absolute Gasteiger partial charge is 0.326 e. The number of hydrogen-bond donors (Lipinski definition) is 2. The highest BCUT2D eigenvalue weighted by molar-refractivity contribution is 5.91. The van der Waals surface area contributed by atoms with Crippen molar-refractivity contribution in [1.29, 1.82) is 0 Å². The lowest BCUT2D eigenvalue weighted by molar-refractivity contribution is -0.138. The molecule has 1 heterocycles. The quantitative estimate of drug-likeness (QED) is 0.815. The molecule has 0 amide bonds. The molecule has 0 aliphatic heterocycles. The van der Waals surface area contributed by atoms with Crippen molar-refractivity contribution in [2.45, 2.75) is 6.04 Å². The van der Waals surface area contributed by atoms with Crippen LogP contribution in [0.1, 0.15) is 11.7 Å². The molecule has 1 unspecified atom stereocenters. The van der Waals surface area contributed by atoms with Crippen LogP contribution in [0.3, 0.4) is 0 Å². The van der Waals surface area contributed by atoms with Crippen molar-refractivity contribution in [2.24, 2.45) is 12.8 Å². The summed E-state index contributed by atoms with van der Waals surface area (Å²) < 4.78 is 6.79. The van der Waals surface area contributed by atoms with Crippen molar-refractivity contribution in [3.05, 3.63) is 23.9 Å². The van der Waals surface area contributed by atoms with Gasteiger partial charge in [-0.3, -0.25) is 9.48 Å². The summed E-state index contributed by atoms with van der Waals surface area (Å²) in [6, 6.07) is 4.22. The Balaban J connectivity index is 2.72. The van der Waals surface area contributed by atoms with Gasteiger partial charge in [-0.05, 0) is 6.07 Å². The van der Waals surface area contributed by atoms with Gasteiger partial charge in [0, 0.05) is 12.4 Å². The molecule has 0 saturated carbocycles. The van der Waals surface area contributed by atoms with Gasteiger partial charge in [-0.15, -0.1) is 0 Å². The molecule has 0 fully saturated rings. The number of benzene rings is 1. The van der Waals surface area contributed by atoms with Gasteiger partial charge in [-0.2, -0.15) is 5.10 Å². The zero-order chi connectivity index (χ0) is 12.6. The number of para-hydroxylation sites is 1. The number of methoxy groups -OCH3 is 1. The third-order valence-corrected chi connectivity index (χ3v) is 2.64. The lowest BCUT2D eigenvalue weighted by Crippen LogP contribution is -2.21. The largest absolute Gasteiger partial charge is 0.494 e. The summed E-state index contributed by atoms with van der Waals surface area (Å²) in [5.41, 5.74) is 6.67. The second-order valence-electron chi connectivity index (χ2n) is 3.68. The van der Waals surface area contributed by atoms with Gasteiger partial charge in [0.1, 0.15) is 17.3 Å². The molecule has 0 aliphatic rings. The maximum atomic E-state index is 10.9. The zero-order valence-corrected chi connectivity index (χ0v) is 9.54. The molecule has 1 aromatic carbocycles. The fraction of sp³-hybridized carbons (Fsp3) is 0.273. The molecule has 2 rings (SSSR count). The predicted molar refractivity (Wildman–Crippen MR) is 61.8 cm³/mol. The molecule has 0 bridgehead atoms. The molecule has 17 heavy (non-hydrogen) atoms. The van der Waals surface area contributed by atoms with Gasteiger partial charge < -0.3 is 15.6 Å². The van der Waals surface area contributed by atoms with E-state index in [4.69, 9.17) is 15.6 Å². The van der Waals surface area contributed by atoms with E-state index in [1.807, 2.05) is 0 Å². The fourth-order valence-corrected chi connectivity index (χ4v) is 1.84. The van der Waals surface area contributed by atoms with Crippen molar-refractivity contribution in [3.8, 4) is 5.75 Å². The van der Waals surface area contributed by atoms with Gasteiger partial charge in [0.25, 0.3) is 0 Å². The first-order chi connectivity index (χ1) is 8.06. The van der Waals surface area contributed by atoms with E-state index in [0.717, 1.165) is 5.52 Å². The summed E-state index contributed by atoms with van der Waals surface area (Å²) in [6.07, 6.45) is 0. The molecule has 1 atom stereocenters. The first-order valence-electron chi connectivity index (χ1n) is 5.04. The highest BCUT2D eigenvalue weighted by Crippen LogP contribution is 2.29.